The lowest BCUT2D eigenvalue weighted by molar-refractivity contribution is 0.102. The van der Waals surface area contributed by atoms with Gasteiger partial charge in [-0.3, -0.25) is 14.8 Å². The monoisotopic (exact) mass is 459 g/mol. The van der Waals surface area contributed by atoms with Crippen LogP contribution < -0.4 is 15.5 Å². The first kappa shape index (κ1) is 21.0. The van der Waals surface area contributed by atoms with Crippen molar-refractivity contribution in [1.29, 1.82) is 0 Å². The zero-order chi connectivity index (χ0) is 23.2. The van der Waals surface area contributed by atoms with Crippen molar-refractivity contribution in [2.24, 2.45) is 0 Å². The molecule has 0 bridgehead atoms. The highest BCUT2D eigenvalue weighted by Crippen LogP contribution is 2.30. The summed E-state index contributed by atoms with van der Waals surface area (Å²) in [7, 11) is 0. The van der Waals surface area contributed by atoms with E-state index in [1.165, 1.54) is 18.9 Å². The largest absolute Gasteiger partial charge is 0.370 e. The second-order valence-electron chi connectivity index (χ2n) is 9.23. The molecule has 0 unspecified atom stereocenters. The van der Waals surface area contributed by atoms with E-state index in [2.05, 4.69) is 30.5 Å². The number of hydrogen-bond donors (Lipinski definition) is 2. The molecule has 2 fully saturated rings. The average Bonchev–Trinajstić information content (AvgIpc) is 3.57. The first-order valence-corrected chi connectivity index (χ1v) is 11.8. The molecule has 34 heavy (non-hydrogen) atoms. The number of imidazole rings is 1. The standard InChI is InChI=1S/C25H26FN7O/c1-15-13-33-14-18(12-20(26)24(33)29-15)31-25(34)19-4-5-21(23-22(19)27-8-9-28-23)32-10-6-17(7-11-32)30-16-2-3-16/h4-5,8-9,12-14,16-17,30H,2-3,6-7,10-11H2,1H3,(H,31,34). The number of aromatic nitrogens is 4. The van der Waals surface area contributed by atoms with E-state index >= 15 is 0 Å². The summed E-state index contributed by atoms with van der Waals surface area (Å²) in [6, 6.07) is 6.30. The second kappa shape index (κ2) is 8.32. The number of pyridine rings is 1. The van der Waals surface area contributed by atoms with Gasteiger partial charge in [-0.2, -0.15) is 0 Å². The molecule has 1 amide bonds. The van der Waals surface area contributed by atoms with E-state index in [4.69, 9.17) is 0 Å². The third-order valence-corrected chi connectivity index (χ3v) is 6.62. The van der Waals surface area contributed by atoms with E-state index in [1.54, 1.807) is 42.2 Å². The summed E-state index contributed by atoms with van der Waals surface area (Å²) in [4.78, 5) is 28.7. The molecule has 0 atom stereocenters. The summed E-state index contributed by atoms with van der Waals surface area (Å²) in [6.45, 7) is 3.67. The first-order valence-electron chi connectivity index (χ1n) is 11.8. The number of aryl methyl sites for hydroxylation is 1. The summed E-state index contributed by atoms with van der Waals surface area (Å²) >= 11 is 0. The van der Waals surface area contributed by atoms with Gasteiger partial charge in [-0.1, -0.05) is 0 Å². The Morgan fingerprint density at radius 2 is 1.76 bits per heavy atom. The van der Waals surface area contributed by atoms with Gasteiger partial charge in [0.1, 0.15) is 11.0 Å². The van der Waals surface area contributed by atoms with Crippen molar-refractivity contribution in [3.63, 3.8) is 0 Å². The van der Waals surface area contributed by atoms with Gasteiger partial charge in [-0.05, 0) is 44.7 Å². The zero-order valence-electron chi connectivity index (χ0n) is 19.0. The minimum atomic E-state index is -0.495. The van der Waals surface area contributed by atoms with E-state index in [0.29, 0.717) is 40.1 Å². The van der Waals surface area contributed by atoms with Crippen LogP contribution in [0.4, 0.5) is 15.8 Å². The van der Waals surface area contributed by atoms with Crippen molar-refractivity contribution in [3.05, 3.63) is 60.1 Å². The van der Waals surface area contributed by atoms with Crippen LogP contribution in [0.5, 0.6) is 0 Å². The Morgan fingerprint density at radius 1 is 1.03 bits per heavy atom. The molecule has 2 aliphatic rings. The predicted octanol–water partition coefficient (Wildman–Crippen LogP) is 3.70. The van der Waals surface area contributed by atoms with Gasteiger partial charge in [0.05, 0.1) is 22.6 Å². The Balaban J connectivity index is 1.26. The predicted molar refractivity (Wildman–Crippen MR) is 129 cm³/mol. The molecule has 6 rings (SSSR count). The Morgan fingerprint density at radius 3 is 2.53 bits per heavy atom. The number of piperidine rings is 1. The molecule has 8 nitrogen and oxygen atoms in total. The fourth-order valence-electron chi connectivity index (χ4n) is 4.80. The third-order valence-electron chi connectivity index (χ3n) is 6.62. The van der Waals surface area contributed by atoms with E-state index in [1.807, 2.05) is 6.07 Å². The number of rotatable bonds is 5. The Bertz CT molecular complexity index is 1390. The van der Waals surface area contributed by atoms with Crippen molar-refractivity contribution < 1.29 is 9.18 Å². The van der Waals surface area contributed by atoms with Crippen LogP contribution in [0.1, 0.15) is 41.7 Å². The number of amides is 1. The Labute approximate surface area is 196 Å². The van der Waals surface area contributed by atoms with Crippen LogP contribution in [0.25, 0.3) is 16.7 Å². The molecule has 9 heteroatoms. The zero-order valence-corrected chi connectivity index (χ0v) is 19.0. The molecule has 1 saturated carbocycles. The normalized spacial score (nSPS) is 16.9. The summed E-state index contributed by atoms with van der Waals surface area (Å²) in [5, 5.41) is 6.53. The van der Waals surface area contributed by atoms with E-state index in [0.717, 1.165) is 31.6 Å². The number of halogens is 1. The lowest BCUT2D eigenvalue weighted by atomic mass is 10.0. The molecule has 1 aliphatic carbocycles. The van der Waals surface area contributed by atoms with Gasteiger partial charge in [-0.25, -0.2) is 9.37 Å². The van der Waals surface area contributed by atoms with Crippen LogP contribution in [-0.2, 0) is 0 Å². The molecule has 2 N–H and O–H groups in total. The smallest absolute Gasteiger partial charge is 0.257 e. The van der Waals surface area contributed by atoms with Gasteiger partial charge < -0.3 is 19.9 Å². The van der Waals surface area contributed by atoms with Crippen molar-refractivity contribution in [2.75, 3.05) is 23.3 Å². The number of nitrogens with zero attached hydrogens (tertiary/aromatic N) is 5. The molecule has 1 aliphatic heterocycles. The van der Waals surface area contributed by atoms with Gasteiger partial charge >= 0.3 is 0 Å². The maximum Gasteiger partial charge on any atom is 0.257 e. The van der Waals surface area contributed by atoms with Crippen LogP contribution in [0, 0.1) is 12.7 Å². The molecular formula is C25H26FN7O. The van der Waals surface area contributed by atoms with Crippen molar-refractivity contribution >= 4 is 34.0 Å². The molecule has 174 valence electrons. The molecule has 1 aromatic carbocycles. The molecule has 0 radical (unpaired) electrons. The van der Waals surface area contributed by atoms with Gasteiger partial charge in [0, 0.05) is 56.0 Å². The van der Waals surface area contributed by atoms with Gasteiger partial charge in [-0.15, -0.1) is 0 Å². The summed E-state index contributed by atoms with van der Waals surface area (Å²) in [5.74, 6) is -0.856. The quantitative estimate of drug-likeness (QED) is 0.473. The molecule has 1 saturated heterocycles. The first-order chi connectivity index (χ1) is 16.5. The third kappa shape index (κ3) is 3.96. The second-order valence-corrected chi connectivity index (χ2v) is 9.23. The fourth-order valence-corrected chi connectivity index (χ4v) is 4.80. The van der Waals surface area contributed by atoms with Gasteiger partial charge in [0.2, 0.25) is 0 Å². The molecule has 4 heterocycles. The van der Waals surface area contributed by atoms with Crippen molar-refractivity contribution in [1.82, 2.24) is 24.7 Å². The molecular weight excluding hydrogens is 433 g/mol. The number of hydrogen-bond acceptors (Lipinski definition) is 6. The fraction of sp³-hybridized carbons (Fsp3) is 0.360. The lowest BCUT2D eigenvalue weighted by Crippen LogP contribution is -2.43. The Kier molecular flexibility index (Phi) is 5.13. The Hall–Kier alpha value is -3.59. The van der Waals surface area contributed by atoms with Crippen molar-refractivity contribution in [3.8, 4) is 0 Å². The molecule has 4 aromatic rings. The van der Waals surface area contributed by atoms with Crippen LogP contribution >= 0.6 is 0 Å². The number of carbonyl (C=O) groups is 1. The van der Waals surface area contributed by atoms with E-state index < -0.39 is 5.82 Å². The highest BCUT2D eigenvalue weighted by Gasteiger charge is 2.28. The minimum Gasteiger partial charge on any atom is -0.370 e. The summed E-state index contributed by atoms with van der Waals surface area (Å²) in [5.41, 5.74) is 3.91. The highest BCUT2D eigenvalue weighted by molar-refractivity contribution is 6.13. The van der Waals surface area contributed by atoms with Crippen LogP contribution in [-0.4, -0.2) is 50.4 Å². The number of fused-ring (bicyclic) bond motifs is 2. The maximum absolute atomic E-state index is 14.5. The topological polar surface area (TPSA) is 87.5 Å². The van der Waals surface area contributed by atoms with Crippen LogP contribution in [0.2, 0.25) is 0 Å². The molecule has 3 aromatic heterocycles. The van der Waals surface area contributed by atoms with Crippen molar-refractivity contribution in [2.45, 2.75) is 44.7 Å². The molecule has 0 spiro atoms. The van der Waals surface area contributed by atoms with Gasteiger partial charge in [0.25, 0.3) is 5.91 Å². The number of nitrogens with one attached hydrogen (secondary N) is 2. The van der Waals surface area contributed by atoms with E-state index in [-0.39, 0.29) is 11.6 Å². The summed E-state index contributed by atoms with van der Waals surface area (Å²) in [6.07, 6.45) is 11.4. The summed E-state index contributed by atoms with van der Waals surface area (Å²) < 4.78 is 16.0. The van der Waals surface area contributed by atoms with Gasteiger partial charge in [0.15, 0.2) is 11.5 Å². The number of carbonyl (C=O) groups excluding carboxylic acids is 1. The van der Waals surface area contributed by atoms with Crippen LogP contribution in [0.15, 0.2) is 43.0 Å². The lowest BCUT2D eigenvalue weighted by Gasteiger charge is -2.34. The van der Waals surface area contributed by atoms with E-state index in [9.17, 15) is 9.18 Å². The maximum atomic E-state index is 14.5. The highest BCUT2D eigenvalue weighted by atomic mass is 19.1. The van der Waals surface area contributed by atoms with Crippen LogP contribution in [0.3, 0.4) is 0 Å². The number of anilines is 2. The minimum absolute atomic E-state index is 0.229. The SMILES string of the molecule is Cc1cn2cc(NC(=O)c3ccc(N4CCC(NC5CC5)CC4)c4nccnc34)cc(F)c2n1. The average molecular weight is 460 g/mol. The number of benzene rings is 1.